The van der Waals surface area contributed by atoms with E-state index in [1.165, 1.54) is 0 Å². The Morgan fingerprint density at radius 1 is 1.62 bits per heavy atom. The molecule has 0 radical (unpaired) electrons. The van der Waals surface area contributed by atoms with Crippen LogP contribution in [0.3, 0.4) is 0 Å². The van der Waals surface area contributed by atoms with Gasteiger partial charge in [-0.15, -0.1) is 6.42 Å². The van der Waals surface area contributed by atoms with Gasteiger partial charge < -0.3 is 5.73 Å². The number of hydrogen-bond donors (Lipinski definition) is 1. The molecule has 46 valence electrons. The van der Waals surface area contributed by atoms with Gasteiger partial charge in [0, 0.05) is 0 Å². The summed E-state index contributed by atoms with van der Waals surface area (Å²) >= 11 is 0. The number of terminal acetylenes is 1. The average molecular weight is 111 g/mol. The zero-order valence-corrected chi connectivity index (χ0v) is 5.73. The molecule has 0 aromatic heterocycles. The van der Waals surface area contributed by atoms with E-state index in [0.717, 1.165) is 0 Å². The van der Waals surface area contributed by atoms with Crippen molar-refractivity contribution < 1.29 is 0 Å². The number of nitrogens with two attached hydrogens (primary N) is 1. The van der Waals surface area contributed by atoms with Gasteiger partial charge in [0.15, 0.2) is 0 Å². The fourth-order valence-corrected chi connectivity index (χ4v) is 0.167. The van der Waals surface area contributed by atoms with Crippen molar-refractivity contribution in [3.8, 4) is 12.3 Å². The van der Waals surface area contributed by atoms with Crippen LogP contribution in [0, 0.1) is 18.3 Å². The molecular weight excluding hydrogens is 98.1 g/mol. The van der Waals surface area contributed by atoms with Crippen LogP contribution in [0.1, 0.15) is 20.8 Å². The normalized spacial score (nSPS) is 17.5. The predicted octanol–water partition coefficient (Wildman–Crippen LogP) is 0.993. The Morgan fingerprint density at radius 2 is 2.00 bits per heavy atom. The minimum absolute atomic E-state index is 0.354. The third kappa shape index (κ3) is 1.55. The highest BCUT2D eigenvalue weighted by molar-refractivity contribution is 5.09. The van der Waals surface area contributed by atoms with E-state index in [-0.39, 0.29) is 0 Å². The number of hydrogen-bond acceptors (Lipinski definition) is 1. The molecule has 0 spiro atoms. The van der Waals surface area contributed by atoms with Crippen LogP contribution in [0.2, 0.25) is 0 Å². The fraction of sp³-hybridized carbons (Fsp3) is 0.714. The smallest absolute Gasteiger partial charge is 0.0768 e. The van der Waals surface area contributed by atoms with Crippen molar-refractivity contribution in [1.29, 1.82) is 0 Å². The summed E-state index contributed by atoms with van der Waals surface area (Å²) in [6.07, 6.45) is 5.13. The largest absolute Gasteiger partial charge is 0.315 e. The maximum Gasteiger partial charge on any atom is 0.0768 e. The summed E-state index contributed by atoms with van der Waals surface area (Å²) in [5.41, 5.74) is 5.19. The third-order valence-corrected chi connectivity index (χ3v) is 1.51. The first kappa shape index (κ1) is 7.52. The van der Waals surface area contributed by atoms with Crippen LogP contribution < -0.4 is 5.73 Å². The van der Waals surface area contributed by atoms with E-state index in [0.29, 0.717) is 5.92 Å². The van der Waals surface area contributed by atoms with Crippen LogP contribution in [-0.4, -0.2) is 5.54 Å². The molecule has 0 bridgehead atoms. The van der Waals surface area contributed by atoms with E-state index < -0.39 is 5.54 Å². The van der Waals surface area contributed by atoms with Crippen molar-refractivity contribution >= 4 is 0 Å². The van der Waals surface area contributed by atoms with Crippen LogP contribution in [0.15, 0.2) is 0 Å². The SMILES string of the molecule is C#CC(C)(N)C(C)C. The molecule has 1 atom stereocenters. The molecule has 1 heteroatoms. The van der Waals surface area contributed by atoms with E-state index in [9.17, 15) is 0 Å². The van der Waals surface area contributed by atoms with Crippen LogP contribution in [0.4, 0.5) is 0 Å². The lowest BCUT2D eigenvalue weighted by Gasteiger charge is -2.21. The van der Waals surface area contributed by atoms with Gasteiger partial charge in [0.2, 0.25) is 0 Å². The summed E-state index contributed by atoms with van der Waals surface area (Å²) < 4.78 is 0. The molecule has 0 aliphatic carbocycles. The van der Waals surface area contributed by atoms with Crippen molar-refractivity contribution in [3.05, 3.63) is 0 Å². The van der Waals surface area contributed by atoms with Crippen LogP contribution in [-0.2, 0) is 0 Å². The Kier molecular flexibility index (Phi) is 2.06. The molecule has 0 aromatic rings. The third-order valence-electron chi connectivity index (χ3n) is 1.51. The van der Waals surface area contributed by atoms with Gasteiger partial charge in [-0.25, -0.2) is 0 Å². The molecule has 0 saturated heterocycles. The van der Waals surface area contributed by atoms with Crippen LogP contribution >= 0.6 is 0 Å². The van der Waals surface area contributed by atoms with Crippen molar-refractivity contribution in [3.63, 3.8) is 0 Å². The number of rotatable bonds is 1. The lowest BCUT2D eigenvalue weighted by Crippen LogP contribution is -2.39. The quantitative estimate of drug-likeness (QED) is 0.502. The molecule has 0 aromatic carbocycles. The van der Waals surface area contributed by atoms with Gasteiger partial charge in [-0.2, -0.15) is 0 Å². The summed E-state index contributed by atoms with van der Waals surface area (Å²) in [5.74, 6) is 2.87. The van der Waals surface area contributed by atoms with Gasteiger partial charge in [-0.3, -0.25) is 0 Å². The molecule has 0 rings (SSSR count). The first-order chi connectivity index (χ1) is 3.50. The van der Waals surface area contributed by atoms with Crippen molar-refractivity contribution in [2.45, 2.75) is 26.3 Å². The maximum absolute atomic E-state index is 5.62. The first-order valence-electron chi connectivity index (χ1n) is 2.77. The molecule has 0 heterocycles. The zero-order valence-electron chi connectivity index (χ0n) is 5.73. The Hall–Kier alpha value is -0.480. The van der Waals surface area contributed by atoms with Crippen molar-refractivity contribution in [2.24, 2.45) is 11.7 Å². The predicted molar refractivity (Wildman–Crippen MR) is 36.3 cm³/mol. The highest BCUT2D eigenvalue weighted by atomic mass is 14.7. The van der Waals surface area contributed by atoms with Crippen LogP contribution in [0.5, 0.6) is 0 Å². The summed E-state index contributed by atoms with van der Waals surface area (Å²) in [4.78, 5) is 0. The van der Waals surface area contributed by atoms with E-state index >= 15 is 0 Å². The molecule has 0 fully saturated rings. The standard InChI is InChI=1S/C7H13N/c1-5-7(4,8)6(2)3/h1,6H,8H2,2-4H3. The van der Waals surface area contributed by atoms with Gasteiger partial charge in [0.1, 0.15) is 0 Å². The van der Waals surface area contributed by atoms with Gasteiger partial charge in [0.05, 0.1) is 5.54 Å². The van der Waals surface area contributed by atoms with Gasteiger partial charge in [-0.05, 0) is 12.8 Å². The summed E-state index contributed by atoms with van der Waals surface area (Å²) in [6.45, 7) is 5.89. The lowest BCUT2D eigenvalue weighted by atomic mass is 9.91. The highest BCUT2D eigenvalue weighted by Crippen LogP contribution is 2.09. The Balaban J connectivity index is 3.97. The lowest BCUT2D eigenvalue weighted by molar-refractivity contribution is 0.435. The summed E-state index contributed by atoms with van der Waals surface area (Å²) in [5, 5.41) is 0. The fourth-order valence-electron chi connectivity index (χ4n) is 0.167. The second kappa shape index (κ2) is 2.19. The zero-order chi connectivity index (χ0) is 6.78. The molecule has 8 heavy (non-hydrogen) atoms. The maximum atomic E-state index is 5.62. The molecule has 0 aliphatic heterocycles. The second-order valence-electron chi connectivity index (χ2n) is 2.58. The average Bonchev–Trinajstić information content (AvgIpc) is 1.67. The van der Waals surface area contributed by atoms with Crippen molar-refractivity contribution in [2.75, 3.05) is 0 Å². The topological polar surface area (TPSA) is 26.0 Å². The molecular formula is C7H13N. The van der Waals surface area contributed by atoms with Crippen molar-refractivity contribution in [1.82, 2.24) is 0 Å². The second-order valence-corrected chi connectivity index (χ2v) is 2.58. The molecule has 0 saturated carbocycles. The van der Waals surface area contributed by atoms with E-state index in [4.69, 9.17) is 12.2 Å². The van der Waals surface area contributed by atoms with Gasteiger partial charge >= 0.3 is 0 Å². The molecule has 1 unspecified atom stereocenters. The monoisotopic (exact) mass is 111 g/mol. The minimum Gasteiger partial charge on any atom is -0.315 e. The van der Waals surface area contributed by atoms with Gasteiger partial charge in [0.25, 0.3) is 0 Å². The minimum atomic E-state index is -0.431. The van der Waals surface area contributed by atoms with E-state index in [1.54, 1.807) is 0 Å². The van der Waals surface area contributed by atoms with E-state index in [1.807, 2.05) is 20.8 Å². The highest BCUT2D eigenvalue weighted by Gasteiger charge is 2.18. The van der Waals surface area contributed by atoms with E-state index in [2.05, 4.69) is 5.92 Å². The first-order valence-corrected chi connectivity index (χ1v) is 2.77. The summed E-state index contributed by atoms with van der Waals surface area (Å²) in [6, 6.07) is 0. The van der Waals surface area contributed by atoms with Gasteiger partial charge in [-0.1, -0.05) is 19.8 Å². The molecule has 0 aliphatic rings. The molecule has 0 amide bonds. The Morgan fingerprint density at radius 3 is 2.00 bits per heavy atom. The Bertz CT molecular complexity index is 106. The molecule has 1 nitrogen and oxygen atoms in total. The molecule has 2 N–H and O–H groups in total. The summed E-state index contributed by atoms with van der Waals surface area (Å²) in [7, 11) is 0. The Labute approximate surface area is 51.3 Å². The van der Waals surface area contributed by atoms with Crippen LogP contribution in [0.25, 0.3) is 0 Å².